The van der Waals surface area contributed by atoms with Crippen LogP contribution in [-0.4, -0.2) is 19.2 Å². The molecule has 0 heterocycles. The first-order valence-electron chi connectivity index (χ1n) is 6.46. The third-order valence-electron chi connectivity index (χ3n) is 2.61. The second-order valence-electron chi connectivity index (χ2n) is 4.41. The minimum Gasteiger partial charge on any atom is -0.486 e. The molecule has 2 nitrogen and oxygen atoms in total. The van der Waals surface area contributed by atoms with E-state index in [0.717, 1.165) is 31.2 Å². The van der Waals surface area contributed by atoms with E-state index in [-0.39, 0.29) is 11.9 Å². The van der Waals surface area contributed by atoms with Crippen molar-refractivity contribution in [2.24, 2.45) is 0 Å². The number of rotatable bonds is 8. The molecule has 1 rings (SSSR count). The normalized spacial score (nSPS) is 12.4. The van der Waals surface area contributed by atoms with Crippen molar-refractivity contribution in [2.75, 3.05) is 13.1 Å². The first kappa shape index (κ1) is 14.9. The number of benzene rings is 1. The van der Waals surface area contributed by atoms with E-state index >= 15 is 0 Å². The summed E-state index contributed by atoms with van der Waals surface area (Å²) in [6.45, 7) is 5.53. The van der Waals surface area contributed by atoms with Crippen LogP contribution in [0.1, 0.15) is 33.1 Å². The number of ether oxygens (including phenoxy) is 1. The van der Waals surface area contributed by atoms with Crippen LogP contribution in [0.25, 0.3) is 0 Å². The van der Waals surface area contributed by atoms with Crippen LogP contribution < -0.4 is 10.1 Å². The number of hydrogen-bond acceptors (Lipinski definition) is 2. The predicted molar refractivity (Wildman–Crippen MR) is 68.8 cm³/mol. The first-order chi connectivity index (χ1) is 8.63. The Morgan fingerprint density at radius 1 is 1.28 bits per heavy atom. The summed E-state index contributed by atoms with van der Waals surface area (Å²) >= 11 is 0. The van der Waals surface area contributed by atoms with Gasteiger partial charge < -0.3 is 10.1 Å². The summed E-state index contributed by atoms with van der Waals surface area (Å²) in [5.74, 6) is -1.05. The molecule has 4 heteroatoms. The monoisotopic (exact) mass is 257 g/mol. The fourth-order valence-electron chi connectivity index (χ4n) is 1.63. The van der Waals surface area contributed by atoms with Crippen LogP contribution in [0.3, 0.4) is 0 Å². The molecule has 0 aromatic heterocycles. The number of hydrogen-bond donors (Lipinski definition) is 1. The molecule has 0 aliphatic heterocycles. The average molecular weight is 257 g/mol. The minimum absolute atomic E-state index is 0.0298. The van der Waals surface area contributed by atoms with Gasteiger partial charge in [0.1, 0.15) is 11.9 Å². The molecule has 1 unspecified atom stereocenters. The van der Waals surface area contributed by atoms with Gasteiger partial charge in [-0.05, 0) is 32.0 Å². The van der Waals surface area contributed by atoms with Crippen molar-refractivity contribution in [3.05, 3.63) is 29.8 Å². The fraction of sp³-hybridized carbons (Fsp3) is 0.571. The van der Waals surface area contributed by atoms with E-state index < -0.39 is 11.6 Å². The second kappa shape index (κ2) is 8.03. The maximum absolute atomic E-state index is 13.3. The van der Waals surface area contributed by atoms with Gasteiger partial charge in [-0.1, -0.05) is 19.8 Å². The van der Waals surface area contributed by atoms with Crippen LogP contribution in [0.15, 0.2) is 18.2 Å². The zero-order valence-corrected chi connectivity index (χ0v) is 11.0. The van der Waals surface area contributed by atoms with E-state index in [2.05, 4.69) is 12.2 Å². The van der Waals surface area contributed by atoms with Crippen LogP contribution in [0.2, 0.25) is 0 Å². The van der Waals surface area contributed by atoms with Gasteiger partial charge in [-0.2, -0.15) is 0 Å². The zero-order valence-electron chi connectivity index (χ0n) is 11.0. The highest BCUT2D eigenvalue weighted by Crippen LogP contribution is 2.19. The summed E-state index contributed by atoms with van der Waals surface area (Å²) in [6, 6.07) is 3.23. The molecular weight excluding hydrogens is 236 g/mol. The third kappa shape index (κ3) is 5.45. The summed E-state index contributed by atoms with van der Waals surface area (Å²) < 4.78 is 31.6. The minimum atomic E-state index is -0.533. The maximum atomic E-state index is 13.3. The van der Waals surface area contributed by atoms with Crippen LogP contribution in [0.5, 0.6) is 5.75 Å². The molecule has 0 aliphatic rings. The molecule has 1 aromatic carbocycles. The van der Waals surface area contributed by atoms with E-state index in [1.54, 1.807) is 0 Å². The Bertz CT molecular complexity index is 358. The van der Waals surface area contributed by atoms with Crippen molar-refractivity contribution in [3.8, 4) is 5.75 Å². The van der Waals surface area contributed by atoms with Crippen LogP contribution in [0.4, 0.5) is 8.78 Å². The first-order valence-corrected chi connectivity index (χ1v) is 6.46. The van der Waals surface area contributed by atoms with Crippen molar-refractivity contribution in [1.82, 2.24) is 5.32 Å². The summed E-state index contributed by atoms with van der Waals surface area (Å²) in [5, 5.41) is 3.23. The molecule has 0 fully saturated rings. The molecule has 0 radical (unpaired) electrons. The molecule has 0 aliphatic carbocycles. The Morgan fingerprint density at radius 2 is 2.06 bits per heavy atom. The molecule has 0 saturated heterocycles. The summed E-state index contributed by atoms with van der Waals surface area (Å²) in [5.41, 5.74) is 0. The van der Waals surface area contributed by atoms with E-state index in [0.29, 0.717) is 6.54 Å². The van der Waals surface area contributed by atoms with Crippen LogP contribution in [-0.2, 0) is 0 Å². The Morgan fingerprint density at radius 3 is 2.78 bits per heavy atom. The quantitative estimate of drug-likeness (QED) is 0.719. The van der Waals surface area contributed by atoms with Crippen molar-refractivity contribution >= 4 is 0 Å². The molecule has 1 atom stereocenters. The number of halogens is 2. The van der Waals surface area contributed by atoms with E-state index in [9.17, 15) is 8.78 Å². The van der Waals surface area contributed by atoms with Crippen LogP contribution >= 0.6 is 0 Å². The Kier molecular flexibility index (Phi) is 6.65. The van der Waals surface area contributed by atoms with E-state index in [4.69, 9.17) is 4.74 Å². The Hall–Kier alpha value is -1.16. The van der Waals surface area contributed by atoms with Gasteiger partial charge in [-0.3, -0.25) is 0 Å². The van der Waals surface area contributed by atoms with Gasteiger partial charge in [-0.25, -0.2) is 8.78 Å². The Balaban J connectivity index is 2.30. The molecule has 0 bridgehead atoms. The number of unbranched alkanes of at least 4 members (excludes halogenated alkanes) is 2. The van der Waals surface area contributed by atoms with Crippen molar-refractivity contribution in [2.45, 2.75) is 39.2 Å². The van der Waals surface area contributed by atoms with Crippen molar-refractivity contribution in [1.29, 1.82) is 0 Å². The van der Waals surface area contributed by atoms with Crippen molar-refractivity contribution < 1.29 is 13.5 Å². The lowest BCUT2D eigenvalue weighted by Crippen LogP contribution is -2.29. The predicted octanol–water partition coefficient (Wildman–Crippen LogP) is 3.51. The fourth-order valence-corrected chi connectivity index (χ4v) is 1.63. The topological polar surface area (TPSA) is 21.3 Å². The zero-order chi connectivity index (χ0) is 13.4. The van der Waals surface area contributed by atoms with Gasteiger partial charge in [0.2, 0.25) is 0 Å². The largest absolute Gasteiger partial charge is 0.486 e. The van der Waals surface area contributed by atoms with Gasteiger partial charge in [-0.15, -0.1) is 0 Å². The van der Waals surface area contributed by atoms with E-state index in [1.165, 1.54) is 12.8 Å². The molecule has 1 aromatic rings. The maximum Gasteiger partial charge on any atom is 0.165 e. The lowest BCUT2D eigenvalue weighted by molar-refractivity contribution is 0.207. The summed E-state index contributed by atoms with van der Waals surface area (Å²) in [7, 11) is 0. The Labute approximate surface area is 107 Å². The third-order valence-corrected chi connectivity index (χ3v) is 2.61. The van der Waals surface area contributed by atoms with Gasteiger partial charge in [0.05, 0.1) is 0 Å². The summed E-state index contributed by atoms with van der Waals surface area (Å²) in [4.78, 5) is 0. The summed E-state index contributed by atoms with van der Waals surface area (Å²) in [6.07, 6.45) is 3.31. The molecule has 0 spiro atoms. The van der Waals surface area contributed by atoms with Gasteiger partial charge in [0.25, 0.3) is 0 Å². The standard InChI is InChI=1S/C14H21F2NO/c1-3-4-5-8-17-10-11(2)18-14-9-12(15)6-7-13(14)16/h6-7,9,11,17H,3-5,8,10H2,1-2H3. The molecule has 0 amide bonds. The van der Waals surface area contributed by atoms with Crippen molar-refractivity contribution in [3.63, 3.8) is 0 Å². The van der Waals surface area contributed by atoms with Crippen LogP contribution in [0, 0.1) is 11.6 Å². The smallest absolute Gasteiger partial charge is 0.165 e. The molecule has 102 valence electrons. The van der Waals surface area contributed by atoms with E-state index in [1.807, 2.05) is 6.92 Å². The lowest BCUT2D eigenvalue weighted by atomic mass is 10.2. The molecule has 18 heavy (non-hydrogen) atoms. The van der Waals surface area contributed by atoms with Gasteiger partial charge in [0, 0.05) is 12.6 Å². The van der Waals surface area contributed by atoms with Gasteiger partial charge in [0.15, 0.2) is 11.6 Å². The van der Waals surface area contributed by atoms with Gasteiger partial charge >= 0.3 is 0 Å². The molecule has 0 saturated carbocycles. The SMILES string of the molecule is CCCCCNCC(C)Oc1cc(F)ccc1F. The number of nitrogens with one attached hydrogen (secondary N) is 1. The molecular formula is C14H21F2NO. The second-order valence-corrected chi connectivity index (χ2v) is 4.41. The highest BCUT2D eigenvalue weighted by atomic mass is 19.1. The molecule has 1 N–H and O–H groups in total. The highest BCUT2D eigenvalue weighted by Gasteiger charge is 2.09. The highest BCUT2D eigenvalue weighted by molar-refractivity contribution is 5.25. The average Bonchev–Trinajstić information content (AvgIpc) is 2.33. The lowest BCUT2D eigenvalue weighted by Gasteiger charge is -2.16.